The molecule has 0 radical (unpaired) electrons. The molecule has 1 aliphatic heterocycles. The molecular formula is C28H27Cl2N3O5S. The monoisotopic (exact) mass is 587 g/mol. The fourth-order valence-electron chi connectivity index (χ4n) is 4.43. The van der Waals surface area contributed by atoms with Gasteiger partial charge in [0.05, 0.1) is 27.2 Å². The molecule has 1 fully saturated rings. The van der Waals surface area contributed by atoms with Crippen LogP contribution in [0.25, 0.3) is 16.2 Å². The summed E-state index contributed by atoms with van der Waals surface area (Å²) >= 11 is 14.3. The number of carbonyl (C=O) groups is 4. The SMILES string of the molecule is O=C(O)CC(CNC(=O)c1ccccc1)NC(=O)C1CCN(C(=O)C=Cc2cc3ccsc3c(Cl)c2Cl)CC1. The van der Waals surface area contributed by atoms with E-state index in [1.807, 2.05) is 17.5 Å². The molecule has 0 spiro atoms. The van der Waals surface area contributed by atoms with E-state index in [0.717, 1.165) is 10.1 Å². The first kappa shape index (κ1) is 28.6. The minimum Gasteiger partial charge on any atom is -0.481 e. The Morgan fingerprint density at radius 2 is 1.79 bits per heavy atom. The van der Waals surface area contributed by atoms with Crippen molar-refractivity contribution in [2.24, 2.45) is 5.92 Å². The van der Waals surface area contributed by atoms with E-state index in [1.165, 1.54) is 17.4 Å². The van der Waals surface area contributed by atoms with Crippen LogP contribution >= 0.6 is 34.5 Å². The Bertz CT molecular complexity index is 1400. The van der Waals surface area contributed by atoms with Crippen molar-refractivity contribution in [3.05, 3.63) is 75.1 Å². The van der Waals surface area contributed by atoms with E-state index < -0.39 is 12.0 Å². The van der Waals surface area contributed by atoms with Crippen LogP contribution in [0.4, 0.5) is 0 Å². The lowest BCUT2D eigenvalue weighted by Gasteiger charge is -2.31. The second-order valence-corrected chi connectivity index (χ2v) is 10.9. The Balaban J connectivity index is 1.29. The van der Waals surface area contributed by atoms with Crippen molar-refractivity contribution >= 4 is 74.4 Å². The van der Waals surface area contributed by atoms with Crippen LogP contribution in [0.5, 0.6) is 0 Å². The number of fused-ring (bicyclic) bond motifs is 1. The van der Waals surface area contributed by atoms with E-state index in [9.17, 15) is 24.3 Å². The molecule has 1 unspecified atom stereocenters. The van der Waals surface area contributed by atoms with Crippen LogP contribution in [0.2, 0.25) is 10.0 Å². The summed E-state index contributed by atoms with van der Waals surface area (Å²) in [5.41, 5.74) is 1.10. The Hall–Kier alpha value is -3.40. The van der Waals surface area contributed by atoms with E-state index in [0.29, 0.717) is 47.1 Å². The van der Waals surface area contributed by atoms with E-state index in [-0.39, 0.29) is 36.6 Å². The highest BCUT2D eigenvalue weighted by molar-refractivity contribution is 7.18. The molecule has 2 heterocycles. The summed E-state index contributed by atoms with van der Waals surface area (Å²) in [6, 6.07) is 11.6. The summed E-state index contributed by atoms with van der Waals surface area (Å²) < 4.78 is 0.898. The zero-order chi connectivity index (χ0) is 27.9. The number of thiophene rings is 1. The second-order valence-electron chi connectivity index (χ2n) is 9.25. The summed E-state index contributed by atoms with van der Waals surface area (Å²) in [6.45, 7) is 0.749. The van der Waals surface area contributed by atoms with Crippen molar-refractivity contribution in [1.29, 1.82) is 0 Å². The zero-order valence-corrected chi connectivity index (χ0v) is 23.2. The van der Waals surface area contributed by atoms with Gasteiger partial charge < -0.3 is 20.6 Å². The molecule has 1 saturated heterocycles. The minimum atomic E-state index is -1.08. The number of carboxylic acid groups (broad SMARTS) is 1. The molecular weight excluding hydrogens is 561 g/mol. The number of aliphatic carboxylic acids is 1. The van der Waals surface area contributed by atoms with Gasteiger partial charge in [0, 0.05) is 37.2 Å². The number of nitrogens with one attached hydrogen (secondary N) is 2. The fraction of sp³-hybridized carbons (Fsp3) is 0.286. The van der Waals surface area contributed by atoms with E-state index >= 15 is 0 Å². The molecule has 0 saturated carbocycles. The predicted octanol–water partition coefficient (Wildman–Crippen LogP) is 4.85. The molecule has 39 heavy (non-hydrogen) atoms. The zero-order valence-electron chi connectivity index (χ0n) is 20.9. The number of nitrogens with zero attached hydrogens (tertiary/aromatic N) is 1. The normalized spacial score (nSPS) is 14.9. The van der Waals surface area contributed by atoms with Gasteiger partial charge in [0.15, 0.2) is 0 Å². The Kier molecular flexibility index (Phi) is 9.61. The van der Waals surface area contributed by atoms with Crippen molar-refractivity contribution in [2.75, 3.05) is 19.6 Å². The minimum absolute atomic E-state index is 0.0162. The molecule has 3 aromatic rings. The van der Waals surface area contributed by atoms with Crippen LogP contribution in [0.3, 0.4) is 0 Å². The summed E-state index contributed by atoms with van der Waals surface area (Å²) in [5.74, 6) is -2.28. The van der Waals surface area contributed by atoms with Gasteiger partial charge in [-0.05, 0) is 59.5 Å². The van der Waals surface area contributed by atoms with Gasteiger partial charge >= 0.3 is 5.97 Å². The number of piperidine rings is 1. The van der Waals surface area contributed by atoms with Gasteiger partial charge in [-0.3, -0.25) is 19.2 Å². The highest BCUT2D eigenvalue weighted by Crippen LogP contribution is 2.37. The van der Waals surface area contributed by atoms with Gasteiger partial charge in [0.1, 0.15) is 0 Å². The molecule has 4 rings (SSSR count). The molecule has 8 nitrogen and oxygen atoms in total. The Morgan fingerprint density at radius 3 is 2.49 bits per heavy atom. The van der Waals surface area contributed by atoms with E-state index in [2.05, 4.69) is 10.6 Å². The maximum Gasteiger partial charge on any atom is 0.305 e. The maximum atomic E-state index is 12.9. The lowest BCUT2D eigenvalue weighted by atomic mass is 9.95. The summed E-state index contributed by atoms with van der Waals surface area (Å²) in [4.78, 5) is 51.0. The predicted molar refractivity (Wildman–Crippen MR) is 153 cm³/mol. The first-order valence-corrected chi connectivity index (χ1v) is 14.0. The van der Waals surface area contributed by atoms with Gasteiger partial charge in [-0.25, -0.2) is 0 Å². The number of benzene rings is 2. The lowest BCUT2D eigenvalue weighted by Crippen LogP contribution is -2.49. The first-order valence-electron chi connectivity index (χ1n) is 12.4. The average molecular weight is 589 g/mol. The van der Waals surface area contributed by atoms with Crippen molar-refractivity contribution in [1.82, 2.24) is 15.5 Å². The van der Waals surface area contributed by atoms with E-state index in [4.69, 9.17) is 23.2 Å². The van der Waals surface area contributed by atoms with Gasteiger partial charge in [-0.2, -0.15) is 0 Å². The third-order valence-corrected chi connectivity index (χ3v) is 8.49. The molecule has 1 aromatic heterocycles. The topological polar surface area (TPSA) is 116 Å². The van der Waals surface area contributed by atoms with Crippen LogP contribution in [-0.4, -0.2) is 59.4 Å². The molecule has 0 bridgehead atoms. The molecule has 3 N–H and O–H groups in total. The number of rotatable bonds is 9. The van der Waals surface area contributed by atoms with Gasteiger partial charge in [0.25, 0.3) is 5.91 Å². The molecule has 0 aliphatic carbocycles. The largest absolute Gasteiger partial charge is 0.481 e. The van der Waals surface area contributed by atoms with Crippen molar-refractivity contribution in [2.45, 2.75) is 25.3 Å². The average Bonchev–Trinajstić information content (AvgIpc) is 3.41. The Morgan fingerprint density at radius 1 is 1.08 bits per heavy atom. The third-order valence-electron chi connectivity index (χ3n) is 6.55. The van der Waals surface area contributed by atoms with Crippen LogP contribution < -0.4 is 10.6 Å². The first-order chi connectivity index (χ1) is 18.7. The molecule has 11 heteroatoms. The van der Waals surface area contributed by atoms with Crippen molar-refractivity contribution in [3.8, 4) is 0 Å². The quantitative estimate of drug-likeness (QED) is 0.309. The molecule has 2 aromatic carbocycles. The molecule has 3 amide bonds. The van der Waals surface area contributed by atoms with Crippen LogP contribution in [0, 0.1) is 5.92 Å². The number of hydrogen-bond acceptors (Lipinski definition) is 5. The summed E-state index contributed by atoms with van der Waals surface area (Å²) in [5, 5.41) is 18.4. The van der Waals surface area contributed by atoms with Gasteiger partial charge in [-0.15, -0.1) is 11.3 Å². The number of amides is 3. The smallest absolute Gasteiger partial charge is 0.305 e. The standard InChI is InChI=1S/C28H27Cl2N3O5S/c29-24-19(14-20-10-13-39-26(20)25(24)30)6-7-22(34)33-11-8-18(9-12-33)28(38)32-21(15-23(35)36)16-31-27(37)17-4-2-1-3-5-17/h1-7,10,13-14,18,21H,8-9,11-12,15-16H2,(H,31,37)(H,32,38)(H,35,36). The second kappa shape index (κ2) is 13.1. The summed E-state index contributed by atoms with van der Waals surface area (Å²) in [7, 11) is 0. The highest BCUT2D eigenvalue weighted by Gasteiger charge is 2.28. The summed E-state index contributed by atoms with van der Waals surface area (Å²) in [6.07, 6.45) is 3.65. The van der Waals surface area contributed by atoms with Crippen molar-refractivity contribution < 1.29 is 24.3 Å². The molecule has 204 valence electrons. The van der Waals surface area contributed by atoms with Gasteiger partial charge in [-0.1, -0.05) is 41.4 Å². The maximum absolute atomic E-state index is 12.9. The van der Waals surface area contributed by atoms with Crippen molar-refractivity contribution in [3.63, 3.8) is 0 Å². The number of carboxylic acids is 1. The lowest BCUT2D eigenvalue weighted by molar-refractivity contribution is -0.138. The highest BCUT2D eigenvalue weighted by atomic mass is 35.5. The van der Waals surface area contributed by atoms with Crippen LogP contribution in [-0.2, 0) is 14.4 Å². The van der Waals surface area contributed by atoms with Crippen LogP contribution in [0.1, 0.15) is 35.2 Å². The molecule has 1 aliphatic rings. The number of halogens is 2. The number of carbonyl (C=O) groups excluding carboxylic acids is 3. The third kappa shape index (κ3) is 7.38. The Labute approximate surface area is 239 Å². The molecule has 1 atom stereocenters. The van der Waals surface area contributed by atoms with Gasteiger partial charge in [0.2, 0.25) is 11.8 Å². The van der Waals surface area contributed by atoms with E-state index in [1.54, 1.807) is 41.3 Å². The van der Waals surface area contributed by atoms with Crippen LogP contribution in [0.15, 0.2) is 53.9 Å². The fourth-order valence-corrected chi connectivity index (χ4v) is 5.87. The number of hydrogen-bond donors (Lipinski definition) is 3. The number of likely N-dealkylation sites (tertiary alicyclic amines) is 1.